The number of esters is 2. The smallest absolute Gasteiger partial charge is 0.323 e. The monoisotopic (exact) mass is 547 g/mol. The molecule has 0 fully saturated rings. The van der Waals surface area contributed by atoms with Gasteiger partial charge in [0.2, 0.25) is 0 Å². The van der Waals surface area contributed by atoms with E-state index in [0.29, 0.717) is 51.1 Å². The lowest BCUT2D eigenvalue weighted by Gasteiger charge is -2.32. The van der Waals surface area contributed by atoms with Crippen LogP contribution in [0.4, 0.5) is 0 Å². The lowest BCUT2D eigenvalue weighted by atomic mass is 9.84. The summed E-state index contributed by atoms with van der Waals surface area (Å²) >= 11 is 0. The van der Waals surface area contributed by atoms with E-state index in [0.717, 1.165) is 0 Å². The van der Waals surface area contributed by atoms with E-state index in [2.05, 4.69) is 10.3 Å². The number of hydrogen-bond donors (Lipinski definition) is 0. The van der Waals surface area contributed by atoms with Crippen molar-refractivity contribution < 1.29 is 36.4 Å². The van der Waals surface area contributed by atoms with Gasteiger partial charge in [0.25, 0.3) is 10.1 Å². The van der Waals surface area contributed by atoms with Crippen molar-refractivity contribution in [2.75, 3.05) is 19.0 Å². The van der Waals surface area contributed by atoms with E-state index < -0.39 is 38.7 Å². The maximum atomic E-state index is 12.9. The average Bonchev–Trinajstić information content (AvgIpc) is 3.19. The van der Waals surface area contributed by atoms with E-state index in [-0.39, 0.29) is 18.8 Å². The van der Waals surface area contributed by atoms with Crippen molar-refractivity contribution in [3.05, 3.63) is 11.9 Å². The molecule has 0 radical (unpaired) electrons. The minimum absolute atomic E-state index is 0.0275. The van der Waals surface area contributed by atoms with Gasteiger partial charge >= 0.3 is 11.9 Å². The van der Waals surface area contributed by atoms with Gasteiger partial charge in [-0.1, -0.05) is 18.1 Å². The quantitative estimate of drug-likeness (QED) is 0.130. The molecule has 1 aromatic heterocycles. The van der Waals surface area contributed by atoms with Crippen molar-refractivity contribution in [3.8, 4) is 0 Å². The van der Waals surface area contributed by atoms with Crippen molar-refractivity contribution in [1.29, 1.82) is 0 Å². The number of aromatic nitrogens is 3. The van der Waals surface area contributed by atoms with Gasteiger partial charge in [0, 0.05) is 13.2 Å². The van der Waals surface area contributed by atoms with Crippen LogP contribution in [0.2, 0.25) is 0 Å². The molecule has 0 N–H and O–H groups in total. The van der Waals surface area contributed by atoms with Crippen LogP contribution in [0.15, 0.2) is 6.20 Å². The number of carbonyl (C=O) groups excluding carboxylic acids is 2. The Bertz CT molecular complexity index is 933. The molecule has 0 aromatic carbocycles. The largest absolute Gasteiger partial charge is 0.459 e. The maximum Gasteiger partial charge on any atom is 0.323 e. The zero-order valence-electron chi connectivity index (χ0n) is 23.7. The molecule has 0 unspecified atom stereocenters. The highest BCUT2D eigenvalue weighted by molar-refractivity contribution is 7.86. The van der Waals surface area contributed by atoms with E-state index >= 15 is 0 Å². The molecule has 1 aromatic rings. The van der Waals surface area contributed by atoms with Crippen molar-refractivity contribution in [1.82, 2.24) is 15.0 Å². The molecular formula is C25H45N3O8S. The van der Waals surface area contributed by atoms with Crippen LogP contribution in [0.25, 0.3) is 0 Å². The first kappa shape index (κ1) is 33.0. The normalized spacial score (nSPS) is 13.0. The van der Waals surface area contributed by atoms with Gasteiger partial charge in [-0.15, -0.1) is 5.10 Å². The molecule has 214 valence electrons. The topological polar surface area (TPSA) is 136 Å². The summed E-state index contributed by atoms with van der Waals surface area (Å²) in [6, 6.07) is 0. The second kappa shape index (κ2) is 14.2. The number of unbranched alkanes of at least 4 members (excludes halogenated alkanes) is 2. The third kappa shape index (κ3) is 13.4. The maximum absolute atomic E-state index is 12.9. The van der Waals surface area contributed by atoms with E-state index in [9.17, 15) is 18.0 Å². The van der Waals surface area contributed by atoms with Gasteiger partial charge in [-0.05, 0) is 74.7 Å². The number of nitrogens with zero attached hydrogens (tertiary/aromatic N) is 3. The number of carbonyl (C=O) groups is 2. The van der Waals surface area contributed by atoms with Crippen LogP contribution >= 0.6 is 0 Å². The fourth-order valence-electron chi connectivity index (χ4n) is 3.20. The Labute approximate surface area is 221 Å². The van der Waals surface area contributed by atoms with Gasteiger partial charge in [-0.3, -0.25) is 18.5 Å². The number of ether oxygens (including phenoxy) is 3. The summed E-state index contributed by atoms with van der Waals surface area (Å²) in [6.45, 7) is 15.2. The molecule has 0 saturated carbocycles. The first-order valence-corrected chi connectivity index (χ1v) is 14.4. The zero-order chi connectivity index (χ0) is 28.3. The van der Waals surface area contributed by atoms with Crippen LogP contribution in [0.5, 0.6) is 0 Å². The summed E-state index contributed by atoms with van der Waals surface area (Å²) in [4.78, 5) is 25.7. The van der Waals surface area contributed by atoms with E-state index in [1.54, 1.807) is 52.4 Å². The standard InChI is InChI=1S/C25H45N3O8S/c1-9-33-19-20-18-28(27-26-20)15-13-17-37(31,32)34-16-12-10-11-14-25(8,21(29)35-23(2,3)4)22(30)36-24(5,6)7/h18H,9-17,19H2,1-8H3. The number of rotatable bonds is 16. The SMILES string of the molecule is CCOCc1cn(CCCS(=O)(=O)OCCCCCC(C)(C(=O)OC(C)(C)C)C(=O)OC(C)(C)C)nn1. The minimum Gasteiger partial charge on any atom is -0.459 e. The summed E-state index contributed by atoms with van der Waals surface area (Å²) < 4.78 is 47.3. The molecule has 0 aliphatic carbocycles. The third-order valence-corrected chi connectivity index (χ3v) is 6.42. The van der Waals surface area contributed by atoms with Gasteiger partial charge in [0.05, 0.1) is 25.2 Å². The number of hydrogen-bond acceptors (Lipinski definition) is 10. The zero-order valence-corrected chi connectivity index (χ0v) is 24.5. The van der Waals surface area contributed by atoms with E-state index in [1.807, 2.05) is 6.92 Å². The second-order valence-corrected chi connectivity index (χ2v) is 13.0. The summed E-state index contributed by atoms with van der Waals surface area (Å²) in [5.41, 5.74) is -2.27. The van der Waals surface area contributed by atoms with Gasteiger partial charge in [0.1, 0.15) is 16.9 Å². The Balaban J connectivity index is 2.47. The van der Waals surface area contributed by atoms with Crippen molar-refractivity contribution >= 4 is 22.1 Å². The predicted molar refractivity (Wildman–Crippen MR) is 138 cm³/mol. The molecule has 0 bridgehead atoms. The molecule has 12 heteroatoms. The van der Waals surface area contributed by atoms with Crippen LogP contribution in [0.1, 0.15) is 93.2 Å². The predicted octanol–water partition coefficient (Wildman–Crippen LogP) is 3.80. The molecule has 0 amide bonds. The second-order valence-electron chi connectivity index (χ2n) is 11.2. The molecule has 0 atom stereocenters. The van der Waals surface area contributed by atoms with Crippen LogP contribution in [0, 0.1) is 5.41 Å². The van der Waals surface area contributed by atoms with Crippen molar-refractivity contribution in [2.24, 2.45) is 5.41 Å². The highest BCUT2D eigenvalue weighted by Gasteiger charge is 2.46. The van der Waals surface area contributed by atoms with E-state index in [1.165, 1.54) is 6.92 Å². The molecule has 37 heavy (non-hydrogen) atoms. The van der Waals surface area contributed by atoms with Gasteiger partial charge in [-0.25, -0.2) is 0 Å². The Kier molecular flexibility index (Phi) is 12.7. The molecule has 0 aliphatic rings. The molecular weight excluding hydrogens is 502 g/mol. The molecule has 1 heterocycles. The van der Waals surface area contributed by atoms with Crippen LogP contribution in [-0.4, -0.2) is 65.5 Å². The number of aryl methyl sites for hydroxylation is 1. The highest BCUT2D eigenvalue weighted by Crippen LogP contribution is 2.32. The van der Waals surface area contributed by atoms with Crippen LogP contribution in [-0.2, 0) is 51.3 Å². The molecule has 0 aliphatic heterocycles. The Morgan fingerprint density at radius 2 is 1.51 bits per heavy atom. The first-order valence-electron chi connectivity index (χ1n) is 12.8. The van der Waals surface area contributed by atoms with Gasteiger partial charge in [-0.2, -0.15) is 8.42 Å². The highest BCUT2D eigenvalue weighted by atomic mass is 32.2. The summed E-state index contributed by atoms with van der Waals surface area (Å²) in [5.74, 6) is -1.40. The van der Waals surface area contributed by atoms with Gasteiger partial charge in [0.15, 0.2) is 5.41 Å². The van der Waals surface area contributed by atoms with Gasteiger partial charge < -0.3 is 14.2 Å². The summed E-state index contributed by atoms with van der Waals surface area (Å²) in [6.07, 6.45) is 3.80. The molecule has 0 saturated heterocycles. The van der Waals surface area contributed by atoms with Crippen molar-refractivity contribution in [2.45, 2.75) is 112 Å². The molecule has 11 nitrogen and oxygen atoms in total. The lowest BCUT2D eigenvalue weighted by molar-refractivity contribution is -0.184. The van der Waals surface area contributed by atoms with Crippen LogP contribution < -0.4 is 0 Å². The first-order chi connectivity index (χ1) is 17.0. The minimum atomic E-state index is -3.68. The Hall–Kier alpha value is -2.05. The van der Waals surface area contributed by atoms with E-state index in [4.69, 9.17) is 18.4 Å². The average molecular weight is 548 g/mol. The lowest BCUT2D eigenvalue weighted by Crippen LogP contribution is -2.44. The summed E-state index contributed by atoms with van der Waals surface area (Å²) in [5, 5.41) is 7.92. The fraction of sp³-hybridized carbons (Fsp3) is 0.840. The summed E-state index contributed by atoms with van der Waals surface area (Å²) in [7, 11) is -3.68. The third-order valence-electron chi connectivity index (χ3n) is 5.10. The molecule has 0 spiro atoms. The molecule has 1 rings (SSSR count). The van der Waals surface area contributed by atoms with Crippen molar-refractivity contribution in [3.63, 3.8) is 0 Å². The Morgan fingerprint density at radius 1 is 0.919 bits per heavy atom. The fourth-order valence-corrected chi connectivity index (χ4v) is 4.17. The van der Waals surface area contributed by atoms with Crippen LogP contribution in [0.3, 0.4) is 0 Å². The Morgan fingerprint density at radius 3 is 2.05 bits per heavy atom.